The van der Waals surface area contributed by atoms with Crippen molar-refractivity contribution in [2.75, 3.05) is 0 Å². The minimum absolute atomic E-state index is 0. The van der Waals surface area contributed by atoms with Gasteiger partial charge in [-0.25, -0.2) is 0 Å². The Morgan fingerprint density at radius 2 is 0.739 bits per heavy atom. The third kappa shape index (κ3) is 8.52. The van der Waals surface area contributed by atoms with E-state index in [1.54, 1.807) is 0 Å². The van der Waals surface area contributed by atoms with E-state index in [9.17, 15) is 0 Å². The van der Waals surface area contributed by atoms with Crippen LogP contribution in [0.5, 0.6) is 0 Å². The highest BCUT2D eigenvalue weighted by atomic mass is 127. The molecule has 0 spiro atoms. The van der Waals surface area contributed by atoms with Crippen LogP contribution < -0.4 is 0 Å². The fourth-order valence-corrected chi connectivity index (χ4v) is 2.62. The molecular weight excluding hydrogens is 506 g/mol. The lowest BCUT2D eigenvalue weighted by molar-refractivity contribution is 0.590. The molecule has 0 aliphatic heterocycles. The maximum Gasteiger partial charge on any atom is 0.0130 e. The van der Waals surface area contributed by atoms with E-state index in [2.05, 4.69) is 135 Å². The van der Waals surface area contributed by atoms with Gasteiger partial charge in [-0.3, -0.25) is 0 Å². The van der Waals surface area contributed by atoms with Crippen molar-refractivity contribution < 1.29 is 0 Å². The van der Waals surface area contributed by atoms with Gasteiger partial charge in [0.25, 0.3) is 0 Å². The molecule has 0 N–H and O–H groups in total. The maximum atomic E-state index is 2.32. The molecule has 0 heterocycles. The summed E-state index contributed by atoms with van der Waals surface area (Å²) in [5, 5.41) is 0. The lowest BCUT2D eigenvalue weighted by Crippen LogP contribution is -2.10. The first-order valence-corrected chi connectivity index (χ1v) is 9.68. The third-order valence-electron chi connectivity index (χ3n) is 3.42. The van der Waals surface area contributed by atoms with Crippen LogP contribution in [0.3, 0.4) is 0 Å². The standard InChI is InChI=1S/2C10H13I.CH4/c2*1-10(2,3)8-4-6-9(11)7-5-8;/h2*4-7H,1-3H3;1H4. The van der Waals surface area contributed by atoms with E-state index >= 15 is 0 Å². The van der Waals surface area contributed by atoms with E-state index in [1.165, 1.54) is 18.3 Å². The van der Waals surface area contributed by atoms with Gasteiger partial charge in [0.1, 0.15) is 0 Å². The Morgan fingerprint density at radius 1 is 0.522 bits per heavy atom. The molecule has 0 saturated carbocycles. The fraction of sp³-hybridized carbons (Fsp3) is 0.429. The summed E-state index contributed by atoms with van der Waals surface area (Å²) in [6.07, 6.45) is 0. The van der Waals surface area contributed by atoms with Crippen LogP contribution in [-0.4, -0.2) is 0 Å². The molecular formula is C21H30I2. The third-order valence-corrected chi connectivity index (χ3v) is 4.86. The van der Waals surface area contributed by atoms with Crippen LogP contribution in [0, 0.1) is 7.14 Å². The van der Waals surface area contributed by atoms with Gasteiger partial charge in [-0.1, -0.05) is 73.2 Å². The Labute approximate surface area is 170 Å². The van der Waals surface area contributed by atoms with Crippen LogP contribution in [0.25, 0.3) is 0 Å². The monoisotopic (exact) mass is 536 g/mol. The van der Waals surface area contributed by atoms with E-state index < -0.39 is 0 Å². The van der Waals surface area contributed by atoms with Crippen molar-refractivity contribution in [1.29, 1.82) is 0 Å². The lowest BCUT2D eigenvalue weighted by atomic mass is 9.87. The molecule has 23 heavy (non-hydrogen) atoms. The summed E-state index contributed by atoms with van der Waals surface area (Å²) in [7, 11) is 0. The molecule has 0 aromatic heterocycles. The van der Waals surface area contributed by atoms with Crippen molar-refractivity contribution in [2.24, 2.45) is 0 Å². The van der Waals surface area contributed by atoms with Crippen molar-refractivity contribution in [3.8, 4) is 0 Å². The average molecular weight is 536 g/mol. The highest BCUT2D eigenvalue weighted by molar-refractivity contribution is 14.1. The molecule has 2 heteroatoms. The predicted octanol–water partition coefficient (Wildman–Crippen LogP) is 7.81. The SMILES string of the molecule is C.CC(C)(C)c1ccc(I)cc1.CC(C)(C)c1ccc(I)cc1. The van der Waals surface area contributed by atoms with E-state index in [-0.39, 0.29) is 18.3 Å². The predicted molar refractivity (Wildman–Crippen MR) is 122 cm³/mol. The highest BCUT2D eigenvalue weighted by Crippen LogP contribution is 2.23. The van der Waals surface area contributed by atoms with Crippen molar-refractivity contribution in [2.45, 2.75) is 59.8 Å². The Morgan fingerprint density at radius 3 is 0.913 bits per heavy atom. The molecule has 0 fully saturated rings. The summed E-state index contributed by atoms with van der Waals surface area (Å²) < 4.78 is 2.60. The molecule has 0 radical (unpaired) electrons. The van der Waals surface area contributed by atoms with Gasteiger partial charge >= 0.3 is 0 Å². The normalized spacial score (nSPS) is 11.1. The lowest BCUT2D eigenvalue weighted by Gasteiger charge is -2.18. The van der Waals surface area contributed by atoms with Gasteiger partial charge in [0.05, 0.1) is 0 Å². The van der Waals surface area contributed by atoms with Gasteiger partial charge in [-0.15, -0.1) is 0 Å². The minimum atomic E-state index is 0. The second-order valence-electron chi connectivity index (χ2n) is 7.51. The molecule has 2 rings (SSSR count). The Bertz CT molecular complexity index is 512. The summed E-state index contributed by atoms with van der Waals surface area (Å²) >= 11 is 4.65. The van der Waals surface area contributed by atoms with Gasteiger partial charge < -0.3 is 0 Å². The zero-order valence-electron chi connectivity index (χ0n) is 14.4. The number of hydrogen-bond donors (Lipinski definition) is 0. The molecule has 0 bridgehead atoms. The summed E-state index contributed by atoms with van der Waals surface area (Å²) in [5.74, 6) is 0. The van der Waals surface area contributed by atoms with Gasteiger partial charge in [-0.05, 0) is 91.4 Å². The zero-order chi connectivity index (χ0) is 17.0. The summed E-state index contributed by atoms with van der Waals surface area (Å²) in [6, 6.07) is 17.4. The van der Waals surface area contributed by atoms with Crippen molar-refractivity contribution >= 4 is 45.2 Å². The number of benzene rings is 2. The van der Waals surface area contributed by atoms with E-state index in [4.69, 9.17) is 0 Å². The van der Waals surface area contributed by atoms with Gasteiger partial charge in [0.2, 0.25) is 0 Å². The van der Waals surface area contributed by atoms with E-state index in [0.717, 1.165) is 0 Å². The molecule has 0 unspecified atom stereocenters. The first-order valence-electron chi connectivity index (χ1n) is 7.52. The largest absolute Gasteiger partial charge is 0.0776 e. The first-order chi connectivity index (χ1) is 10.00. The van der Waals surface area contributed by atoms with Crippen molar-refractivity contribution in [3.63, 3.8) is 0 Å². The summed E-state index contributed by atoms with van der Waals surface area (Å²) in [6.45, 7) is 13.4. The molecule has 0 atom stereocenters. The van der Waals surface area contributed by atoms with Gasteiger partial charge in [0.15, 0.2) is 0 Å². The van der Waals surface area contributed by atoms with Crippen LogP contribution >= 0.6 is 45.2 Å². The Hall–Kier alpha value is -0.100. The van der Waals surface area contributed by atoms with Crippen LogP contribution in [0.4, 0.5) is 0 Å². The molecule has 0 aliphatic rings. The molecule has 0 saturated heterocycles. The van der Waals surface area contributed by atoms with E-state index in [0.29, 0.717) is 0 Å². The second kappa shape index (κ2) is 9.40. The number of hydrogen-bond acceptors (Lipinski definition) is 0. The second-order valence-corrected chi connectivity index (χ2v) is 10.0. The average Bonchev–Trinajstić information content (AvgIpc) is 2.38. The smallest absolute Gasteiger partial charge is 0.0130 e. The summed E-state index contributed by atoms with van der Waals surface area (Å²) in [4.78, 5) is 0. The molecule has 0 nitrogen and oxygen atoms in total. The van der Waals surface area contributed by atoms with Gasteiger partial charge in [0, 0.05) is 7.14 Å². The molecule has 128 valence electrons. The van der Waals surface area contributed by atoms with Crippen LogP contribution in [0.1, 0.15) is 60.1 Å². The Kier molecular flexibility index (Phi) is 9.36. The molecule has 2 aromatic carbocycles. The number of rotatable bonds is 0. The Balaban J connectivity index is 0.000000403. The molecule has 2 aromatic rings. The maximum absolute atomic E-state index is 2.32. The quantitative estimate of drug-likeness (QED) is 0.302. The topological polar surface area (TPSA) is 0 Å². The van der Waals surface area contributed by atoms with Gasteiger partial charge in [-0.2, -0.15) is 0 Å². The highest BCUT2D eigenvalue weighted by Gasteiger charge is 2.12. The molecule has 0 aliphatic carbocycles. The molecule has 0 amide bonds. The zero-order valence-corrected chi connectivity index (χ0v) is 18.7. The van der Waals surface area contributed by atoms with E-state index in [1.807, 2.05) is 0 Å². The van der Waals surface area contributed by atoms with Crippen molar-refractivity contribution in [1.82, 2.24) is 0 Å². The van der Waals surface area contributed by atoms with Crippen LogP contribution in [-0.2, 0) is 10.8 Å². The summed E-state index contributed by atoms with van der Waals surface area (Å²) in [5.41, 5.74) is 3.37. The van der Waals surface area contributed by atoms with Crippen molar-refractivity contribution in [3.05, 3.63) is 66.8 Å². The van der Waals surface area contributed by atoms with Crippen LogP contribution in [0.15, 0.2) is 48.5 Å². The van der Waals surface area contributed by atoms with Crippen LogP contribution in [0.2, 0.25) is 0 Å². The minimum Gasteiger partial charge on any atom is -0.0776 e. The fourth-order valence-electron chi connectivity index (χ4n) is 1.90. The number of halogens is 2. The first kappa shape index (κ1) is 22.9.